The summed E-state index contributed by atoms with van der Waals surface area (Å²) >= 11 is 7.79. The minimum atomic E-state index is -0.717. The lowest BCUT2D eigenvalue weighted by Crippen LogP contribution is -2.55. The molecule has 1 aromatic carbocycles. The van der Waals surface area contributed by atoms with Crippen LogP contribution in [0.2, 0.25) is 5.02 Å². The van der Waals surface area contributed by atoms with E-state index in [2.05, 4.69) is 19.1 Å². The molecule has 0 saturated carbocycles. The molecule has 1 amide bonds. The Kier molecular flexibility index (Phi) is 8.22. The van der Waals surface area contributed by atoms with Crippen LogP contribution in [0.5, 0.6) is 0 Å². The van der Waals surface area contributed by atoms with Crippen LogP contribution in [0.25, 0.3) is 0 Å². The Hall–Kier alpha value is -0.420. The number of thioether (sulfide) groups is 1. The van der Waals surface area contributed by atoms with E-state index in [1.165, 1.54) is 4.90 Å². The number of hydrogen-bond acceptors (Lipinski definition) is 3. The van der Waals surface area contributed by atoms with Gasteiger partial charge in [0.15, 0.2) is 0 Å². The predicted octanol–water partition coefficient (Wildman–Crippen LogP) is 4.36. The normalized spacial score (nSPS) is 18.2. The summed E-state index contributed by atoms with van der Waals surface area (Å²) in [6.45, 7) is 5.53. The molecule has 2 N–H and O–H groups in total. The molecule has 1 saturated heterocycles. The van der Waals surface area contributed by atoms with E-state index in [1.807, 2.05) is 35.7 Å². The van der Waals surface area contributed by atoms with Crippen molar-refractivity contribution >= 4 is 41.7 Å². The van der Waals surface area contributed by atoms with Crippen LogP contribution in [0, 0.1) is 0 Å². The van der Waals surface area contributed by atoms with Crippen molar-refractivity contribution in [2.75, 3.05) is 13.1 Å². The third-order valence-electron chi connectivity index (χ3n) is 4.10. The zero-order valence-electron chi connectivity index (χ0n) is 13.8. The molecule has 3 nitrogen and oxygen atoms in total. The predicted molar refractivity (Wildman–Crippen MR) is 102 cm³/mol. The molecule has 6 heteroatoms. The third kappa shape index (κ3) is 5.86. The fourth-order valence-electron chi connectivity index (χ4n) is 2.87. The van der Waals surface area contributed by atoms with Crippen LogP contribution >= 0.6 is 35.8 Å². The number of nitrogens with zero attached hydrogens (tertiary/aromatic N) is 1. The maximum Gasteiger partial charge on any atom is 0.242 e. The molecular weight excluding hydrogens is 351 g/mol. The number of nitrogens with two attached hydrogens (primary N) is 1. The second-order valence-corrected chi connectivity index (χ2v) is 8.04. The minimum Gasteiger partial charge on any atom is -0.341 e. The van der Waals surface area contributed by atoms with Gasteiger partial charge in [-0.25, -0.2) is 0 Å². The van der Waals surface area contributed by atoms with Crippen molar-refractivity contribution in [3.8, 4) is 0 Å². The first-order valence-corrected chi connectivity index (χ1v) is 9.18. The smallest absolute Gasteiger partial charge is 0.242 e. The Labute approximate surface area is 154 Å². The fourth-order valence-corrected chi connectivity index (χ4v) is 4.12. The van der Waals surface area contributed by atoms with Crippen LogP contribution in [-0.2, 0) is 4.79 Å². The molecule has 2 rings (SSSR count). The molecule has 0 radical (unpaired) electrons. The number of carbonyl (C=O) groups excluding carboxylic acids is 1. The molecule has 0 aliphatic carbocycles. The molecule has 0 bridgehead atoms. The average Bonchev–Trinajstić information content (AvgIpc) is 2.49. The first-order chi connectivity index (χ1) is 10.4. The van der Waals surface area contributed by atoms with Gasteiger partial charge in [0.05, 0.1) is 5.54 Å². The van der Waals surface area contributed by atoms with Crippen LogP contribution < -0.4 is 5.73 Å². The van der Waals surface area contributed by atoms with Gasteiger partial charge in [0.25, 0.3) is 0 Å². The first kappa shape index (κ1) is 20.6. The van der Waals surface area contributed by atoms with Gasteiger partial charge >= 0.3 is 0 Å². The zero-order chi connectivity index (χ0) is 16.2. The monoisotopic (exact) mass is 376 g/mol. The third-order valence-corrected chi connectivity index (χ3v) is 5.70. The molecule has 1 atom stereocenters. The highest BCUT2D eigenvalue weighted by molar-refractivity contribution is 8.00. The van der Waals surface area contributed by atoms with Crippen LogP contribution in [0.4, 0.5) is 0 Å². The molecule has 1 aliphatic heterocycles. The van der Waals surface area contributed by atoms with Crippen molar-refractivity contribution in [1.82, 2.24) is 4.90 Å². The Balaban J connectivity index is 0.00000264. The standard InChI is InChI=1S/C17H25ClN2OS.ClH/c1-3-10-17(2,19)16(21)20-11-8-15(9-12-20)22-14-6-4-13(18)5-7-14;/h4-7,15H,3,8-12,19H2,1-2H3;1H. The quantitative estimate of drug-likeness (QED) is 0.829. The number of amides is 1. The molecule has 0 aromatic heterocycles. The summed E-state index contributed by atoms with van der Waals surface area (Å²) in [6, 6.07) is 7.96. The van der Waals surface area contributed by atoms with E-state index < -0.39 is 5.54 Å². The van der Waals surface area contributed by atoms with E-state index in [1.54, 1.807) is 0 Å². The minimum absolute atomic E-state index is 0. The summed E-state index contributed by atoms with van der Waals surface area (Å²) in [5.41, 5.74) is 5.45. The van der Waals surface area contributed by atoms with Gasteiger partial charge in [0.2, 0.25) is 5.91 Å². The van der Waals surface area contributed by atoms with E-state index in [0.29, 0.717) is 5.25 Å². The second kappa shape index (κ2) is 9.16. The largest absolute Gasteiger partial charge is 0.341 e. The van der Waals surface area contributed by atoms with E-state index in [4.69, 9.17) is 17.3 Å². The summed E-state index contributed by atoms with van der Waals surface area (Å²) in [7, 11) is 0. The zero-order valence-corrected chi connectivity index (χ0v) is 16.1. The number of carbonyl (C=O) groups is 1. The van der Waals surface area contributed by atoms with Crippen molar-refractivity contribution in [2.24, 2.45) is 5.73 Å². The van der Waals surface area contributed by atoms with Gasteiger partial charge in [-0.05, 0) is 50.5 Å². The van der Waals surface area contributed by atoms with Crippen molar-refractivity contribution in [2.45, 2.75) is 55.2 Å². The molecule has 23 heavy (non-hydrogen) atoms. The van der Waals surface area contributed by atoms with Gasteiger partial charge in [-0.3, -0.25) is 4.79 Å². The number of hydrogen-bond donors (Lipinski definition) is 1. The van der Waals surface area contributed by atoms with Gasteiger partial charge in [0.1, 0.15) is 0 Å². The van der Waals surface area contributed by atoms with Crippen LogP contribution in [-0.4, -0.2) is 34.7 Å². The second-order valence-electron chi connectivity index (χ2n) is 6.23. The Morgan fingerprint density at radius 1 is 1.35 bits per heavy atom. The SMILES string of the molecule is CCCC(C)(N)C(=O)N1CCC(Sc2ccc(Cl)cc2)CC1.Cl. The highest BCUT2D eigenvalue weighted by Crippen LogP contribution is 2.31. The van der Waals surface area contributed by atoms with E-state index in [0.717, 1.165) is 43.8 Å². The van der Waals surface area contributed by atoms with Crippen LogP contribution in [0.3, 0.4) is 0 Å². The molecule has 0 spiro atoms. The molecule has 1 heterocycles. The molecule has 1 aliphatic rings. The molecular formula is C17H26Cl2N2OS. The van der Waals surface area contributed by atoms with Gasteiger partial charge in [-0.15, -0.1) is 24.2 Å². The number of piperidine rings is 1. The molecule has 130 valence electrons. The van der Waals surface area contributed by atoms with Crippen molar-refractivity contribution in [3.05, 3.63) is 29.3 Å². The van der Waals surface area contributed by atoms with E-state index in [9.17, 15) is 4.79 Å². The van der Waals surface area contributed by atoms with Crippen molar-refractivity contribution in [3.63, 3.8) is 0 Å². The maximum atomic E-state index is 12.5. The molecule has 1 aromatic rings. The van der Waals surface area contributed by atoms with Gasteiger partial charge < -0.3 is 10.6 Å². The lowest BCUT2D eigenvalue weighted by Gasteiger charge is -2.36. The summed E-state index contributed by atoms with van der Waals surface area (Å²) in [4.78, 5) is 15.7. The maximum absolute atomic E-state index is 12.5. The lowest BCUT2D eigenvalue weighted by molar-refractivity contribution is -0.137. The topological polar surface area (TPSA) is 46.3 Å². The van der Waals surface area contributed by atoms with Crippen LogP contribution in [0.15, 0.2) is 29.2 Å². The Morgan fingerprint density at radius 2 is 1.91 bits per heavy atom. The average molecular weight is 377 g/mol. The van der Waals surface area contributed by atoms with Crippen molar-refractivity contribution in [1.29, 1.82) is 0 Å². The summed E-state index contributed by atoms with van der Waals surface area (Å²) in [5, 5.41) is 1.32. The number of halogens is 2. The fraction of sp³-hybridized carbons (Fsp3) is 0.588. The summed E-state index contributed by atoms with van der Waals surface area (Å²) in [6.07, 6.45) is 3.70. The number of rotatable bonds is 5. The van der Waals surface area contributed by atoms with Gasteiger partial charge in [-0.2, -0.15) is 0 Å². The number of benzene rings is 1. The lowest BCUT2D eigenvalue weighted by atomic mass is 9.94. The van der Waals surface area contributed by atoms with Gasteiger partial charge in [-0.1, -0.05) is 24.9 Å². The summed E-state index contributed by atoms with van der Waals surface area (Å²) < 4.78 is 0. The first-order valence-electron chi connectivity index (χ1n) is 7.93. The Bertz CT molecular complexity index is 500. The Morgan fingerprint density at radius 3 is 2.43 bits per heavy atom. The van der Waals surface area contributed by atoms with E-state index in [-0.39, 0.29) is 18.3 Å². The van der Waals surface area contributed by atoms with E-state index >= 15 is 0 Å². The highest BCUT2D eigenvalue weighted by atomic mass is 35.5. The van der Waals surface area contributed by atoms with Crippen molar-refractivity contribution < 1.29 is 4.79 Å². The van der Waals surface area contributed by atoms with Crippen LogP contribution in [0.1, 0.15) is 39.5 Å². The number of likely N-dealkylation sites (tertiary alicyclic amines) is 1. The molecule has 1 unspecified atom stereocenters. The van der Waals surface area contributed by atoms with Gasteiger partial charge in [0, 0.05) is 28.3 Å². The highest BCUT2D eigenvalue weighted by Gasteiger charge is 2.33. The molecule has 1 fully saturated rings. The summed E-state index contributed by atoms with van der Waals surface area (Å²) in [5.74, 6) is 0.101.